The number of hydrogen-bond acceptors (Lipinski definition) is 8. The maximum atomic E-state index is 10.2. The average Bonchev–Trinajstić information content (AvgIpc) is 2.91. The Morgan fingerprint density at radius 2 is 1.90 bits per heavy atom. The molecule has 114 valence electrons. The second-order valence-corrected chi connectivity index (χ2v) is 5.30. The van der Waals surface area contributed by atoms with Gasteiger partial charge in [-0.05, 0) is 6.42 Å². The monoisotopic (exact) mass is 295 g/mol. The van der Waals surface area contributed by atoms with E-state index < -0.39 is 30.3 Å². The van der Waals surface area contributed by atoms with Gasteiger partial charge in [0.05, 0.1) is 18.5 Å². The van der Waals surface area contributed by atoms with E-state index in [-0.39, 0.29) is 18.8 Å². The fourth-order valence-electron chi connectivity index (χ4n) is 2.87. The van der Waals surface area contributed by atoms with Crippen LogP contribution < -0.4 is 5.73 Å². The summed E-state index contributed by atoms with van der Waals surface area (Å²) in [5, 5.41) is 39.3. The molecule has 0 amide bonds. The van der Waals surface area contributed by atoms with E-state index in [1.165, 1.54) is 12.7 Å². The molecular formula is C12H17N5O4. The third-order valence-corrected chi connectivity index (χ3v) is 4.10. The molecule has 9 nitrogen and oxygen atoms in total. The van der Waals surface area contributed by atoms with Crippen LogP contribution in [0.1, 0.15) is 12.5 Å². The van der Waals surface area contributed by atoms with Crippen molar-refractivity contribution in [2.75, 3.05) is 12.3 Å². The minimum atomic E-state index is -1.35. The highest BCUT2D eigenvalue weighted by Gasteiger charge is 2.43. The number of aliphatic hydroxyl groups excluding tert-OH is 4. The normalized spacial score (nSPS) is 33.4. The summed E-state index contributed by atoms with van der Waals surface area (Å²) >= 11 is 0. The molecule has 0 bridgehead atoms. The first-order valence-corrected chi connectivity index (χ1v) is 6.62. The molecule has 2 heterocycles. The van der Waals surface area contributed by atoms with Gasteiger partial charge in [-0.15, -0.1) is 0 Å². The molecule has 2 aromatic heterocycles. The number of rotatable bonds is 2. The minimum absolute atomic E-state index is 0.225. The summed E-state index contributed by atoms with van der Waals surface area (Å²) in [5.41, 5.74) is 6.56. The number of hydrogen-bond donors (Lipinski definition) is 5. The molecule has 2 aromatic rings. The second-order valence-electron chi connectivity index (χ2n) is 5.30. The highest BCUT2D eigenvalue weighted by molar-refractivity contribution is 5.81. The van der Waals surface area contributed by atoms with Crippen molar-refractivity contribution < 1.29 is 20.4 Å². The Morgan fingerprint density at radius 1 is 1.14 bits per heavy atom. The zero-order valence-electron chi connectivity index (χ0n) is 11.1. The van der Waals surface area contributed by atoms with Crippen LogP contribution in [-0.2, 0) is 0 Å². The van der Waals surface area contributed by atoms with Gasteiger partial charge in [0.1, 0.15) is 24.1 Å². The predicted octanol–water partition coefficient (Wildman–Crippen LogP) is -1.96. The fourth-order valence-corrected chi connectivity index (χ4v) is 2.87. The van der Waals surface area contributed by atoms with Gasteiger partial charge in [-0.1, -0.05) is 0 Å². The summed E-state index contributed by atoms with van der Waals surface area (Å²) in [6.45, 7) is -0.287. The van der Waals surface area contributed by atoms with Gasteiger partial charge in [-0.2, -0.15) is 0 Å². The van der Waals surface area contributed by atoms with Gasteiger partial charge in [-0.25, -0.2) is 15.0 Å². The Bertz CT molecular complexity index is 646. The van der Waals surface area contributed by atoms with E-state index in [9.17, 15) is 20.4 Å². The number of fused-ring (bicyclic) bond motifs is 1. The molecule has 1 fully saturated rings. The van der Waals surface area contributed by atoms with Crippen LogP contribution in [-0.4, -0.2) is 64.9 Å². The molecule has 0 aliphatic heterocycles. The topological polar surface area (TPSA) is 151 Å². The molecular weight excluding hydrogens is 278 g/mol. The molecule has 1 saturated carbocycles. The van der Waals surface area contributed by atoms with Crippen LogP contribution in [0.25, 0.3) is 11.2 Å². The van der Waals surface area contributed by atoms with Gasteiger partial charge in [0.15, 0.2) is 11.5 Å². The van der Waals surface area contributed by atoms with Crippen molar-refractivity contribution in [2.24, 2.45) is 5.92 Å². The van der Waals surface area contributed by atoms with Gasteiger partial charge < -0.3 is 30.7 Å². The van der Waals surface area contributed by atoms with E-state index in [2.05, 4.69) is 15.0 Å². The number of nitrogen functional groups attached to an aromatic ring is 1. The highest BCUT2D eigenvalue weighted by atomic mass is 16.4. The number of nitrogens with two attached hydrogens (primary N) is 1. The largest absolute Gasteiger partial charge is 0.396 e. The smallest absolute Gasteiger partial charge is 0.165 e. The fraction of sp³-hybridized carbons (Fsp3) is 0.583. The highest BCUT2D eigenvalue weighted by Crippen LogP contribution is 2.35. The molecule has 3 rings (SSSR count). The SMILES string of the molecule is Nc1ncnc2c1ncn2[C@H]1C[C@H](CO)[C@@H](O)[C@H](O)[C@@H]1O. The molecule has 0 aromatic carbocycles. The van der Waals surface area contributed by atoms with Crippen molar-refractivity contribution >= 4 is 17.0 Å². The number of imidazole rings is 1. The van der Waals surface area contributed by atoms with Crippen LogP contribution in [0.5, 0.6) is 0 Å². The number of aromatic nitrogens is 4. The lowest BCUT2D eigenvalue weighted by Crippen LogP contribution is -2.52. The Hall–Kier alpha value is -1.81. The van der Waals surface area contributed by atoms with Gasteiger partial charge in [-0.3, -0.25) is 0 Å². The summed E-state index contributed by atoms with van der Waals surface area (Å²) in [5.74, 6) is -0.312. The molecule has 0 unspecified atom stereocenters. The summed E-state index contributed by atoms with van der Waals surface area (Å²) in [4.78, 5) is 12.1. The second kappa shape index (κ2) is 5.19. The number of nitrogens with zero attached hydrogens (tertiary/aromatic N) is 4. The van der Waals surface area contributed by atoms with Crippen LogP contribution in [0.15, 0.2) is 12.7 Å². The molecule has 5 atom stereocenters. The first kappa shape index (κ1) is 14.1. The maximum absolute atomic E-state index is 10.2. The van der Waals surface area contributed by atoms with Crippen molar-refractivity contribution in [1.82, 2.24) is 19.5 Å². The van der Waals surface area contributed by atoms with Gasteiger partial charge in [0.2, 0.25) is 0 Å². The number of anilines is 1. The lowest BCUT2D eigenvalue weighted by atomic mass is 9.79. The lowest BCUT2D eigenvalue weighted by molar-refractivity contribution is -0.137. The lowest BCUT2D eigenvalue weighted by Gasteiger charge is -2.40. The standard InChI is InChI=1S/C12H17N5O4/c13-11-7-12(15-3-14-11)17(4-16-7)6-1-5(2-18)8(19)10(21)9(6)20/h3-6,8-10,18-21H,1-2H2,(H2,13,14,15)/t5-,6+,8-,9-,10+/m1/s1. The summed E-state index contributed by atoms with van der Waals surface area (Å²) in [6, 6.07) is -0.570. The van der Waals surface area contributed by atoms with E-state index in [0.29, 0.717) is 11.2 Å². The maximum Gasteiger partial charge on any atom is 0.165 e. The van der Waals surface area contributed by atoms with Gasteiger partial charge >= 0.3 is 0 Å². The molecule has 0 spiro atoms. The minimum Gasteiger partial charge on any atom is -0.396 e. The predicted molar refractivity (Wildman–Crippen MR) is 72.0 cm³/mol. The Morgan fingerprint density at radius 3 is 2.62 bits per heavy atom. The van der Waals surface area contributed by atoms with Gasteiger partial charge in [0.25, 0.3) is 0 Å². The van der Waals surface area contributed by atoms with Crippen LogP contribution in [0.2, 0.25) is 0 Å². The van der Waals surface area contributed by atoms with E-state index in [4.69, 9.17) is 5.73 Å². The third-order valence-electron chi connectivity index (χ3n) is 4.10. The van der Waals surface area contributed by atoms with Crippen molar-refractivity contribution in [3.8, 4) is 0 Å². The van der Waals surface area contributed by atoms with E-state index in [1.54, 1.807) is 4.57 Å². The molecule has 1 aliphatic rings. The quantitative estimate of drug-likeness (QED) is 0.428. The van der Waals surface area contributed by atoms with Crippen LogP contribution in [0.3, 0.4) is 0 Å². The van der Waals surface area contributed by atoms with Crippen molar-refractivity contribution in [2.45, 2.75) is 30.8 Å². The van der Waals surface area contributed by atoms with E-state index in [1.807, 2.05) is 0 Å². The van der Waals surface area contributed by atoms with Crippen molar-refractivity contribution in [3.63, 3.8) is 0 Å². The zero-order chi connectivity index (χ0) is 15.1. The molecule has 0 radical (unpaired) electrons. The summed E-state index contributed by atoms with van der Waals surface area (Å²) in [6.07, 6.45) is -0.683. The Balaban J connectivity index is 2.03. The average molecular weight is 295 g/mol. The third kappa shape index (κ3) is 2.14. The first-order chi connectivity index (χ1) is 10.0. The first-order valence-electron chi connectivity index (χ1n) is 6.62. The van der Waals surface area contributed by atoms with Crippen LogP contribution in [0.4, 0.5) is 5.82 Å². The molecule has 21 heavy (non-hydrogen) atoms. The zero-order valence-corrected chi connectivity index (χ0v) is 11.1. The van der Waals surface area contributed by atoms with Gasteiger partial charge in [0, 0.05) is 12.5 Å². The van der Waals surface area contributed by atoms with Crippen molar-refractivity contribution in [3.05, 3.63) is 12.7 Å². The van der Waals surface area contributed by atoms with E-state index >= 15 is 0 Å². The molecule has 9 heteroatoms. The van der Waals surface area contributed by atoms with Crippen LogP contribution in [0, 0.1) is 5.92 Å². The number of aliphatic hydroxyl groups is 4. The summed E-state index contributed by atoms with van der Waals surface area (Å²) in [7, 11) is 0. The Labute approximate surface area is 119 Å². The molecule has 1 aliphatic carbocycles. The van der Waals surface area contributed by atoms with Crippen LogP contribution >= 0.6 is 0 Å². The van der Waals surface area contributed by atoms with Crippen molar-refractivity contribution in [1.29, 1.82) is 0 Å². The molecule has 0 saturated heterocycles. The van der Waals surface area contributed by atoms with E-state index in [0.717, 1.165) is 0 Å². The Kier molecular flexibility index (Phi) is 3.49. The summed E-state index contributed by atoms with van der Waals surface area (Å²) < 4.78 is 1.59. The molecule has 6 N–H and O–H groups in total.